The van der Waals surface area contributed by atoms with E-state index in [1.807, 2.05) is 32.9 Å². The van der Waals surface area contributed by atoms with E-state index < -0.39 is 0 Å². The monoisotopic (exact) mass is 318 g/mol. The summed E-state index contributed by atoms with van der Waals surface area (Å²) in [5, 5.41) is 15.6. The van der Waals surface area contributed by atoms with Gasteiger partial charge in [-0.25, -0.2) is 0 Å². The number of hydrogen-bond acceptors (Lipinski definition) is 5. The summed E-state index contributed by atoms with van der Waals surface area (Å²) in [7, 11) is 0. The van der Waals surface area contributed by atoms with Crippen molar-refractivity contribution in [3.8, 4) is 0 Å². The molecule has 0 saturated carbocycles. The van der Waals surface area contributed by atoms with Crippen molar-refractivity contribution in [2.24, 2.45) is 0 Å². The van der Waals surface area contributed by atoms with E-state index in [1.54, 1.807) is 0 Å². The largest absolute Gasteiger partial charge is 0.373 e. The first-order valence-corrected chi connectivity index (χ1v) is 8.32. The number of carbonyl (C=O) groups excluding carboxylic acids is 1. The predicted octanol–water partition coefficient (Wildman–Crippen LogP) is 3.55. The Kier molecular flexibility index (Phi) is 5.49. The van der Waals surface area contributed by atoms with Gasteiger partial charge in [-0.1, -0.05) is 42.9 Å². The molecule has 2 rings (SSSR count). The molecule has 1 aromatic heterocycles. The molecule has 0 saturated heterocycles. The summed E-state index contributed by atoms with van der Waals surface area (Å²) in [6, 6.07) is 5.86. The molecular weight excluding hydrogens is 296 g/mol. The molecule has 1 atom stereocenters. The smallest absolute Gasteiger partial charge is 0.248 e. The Bertz CT molecular complexity index is 653. The van der Waals surface area contributed by atoms with Crippen LogP contribution in [0.15, 0.2) is 18.2 Å². The Balaban J connectivity index is 2.05. The highest BCUT2D eigenvalue weighted by Gasteiger charge is 2.18. The highest BCUT2D eigenvalue weighted by Crippen LogP contribution is 2.19. The fourth-order valence-corrected chi connectivity index (χ4v) is 2.84. The minimum absolute atomic E-state index is 0.0821. The molecule has 0 radical (unpaired) electrons. The maximum atomic E-state index is 12.4. The van der Waals surface area contributed by atoms with Gasteiger partial charge in [0.1, 0.15) is 11.0 Å². The van der Waals surface area contributed by atoms with Gasteiger partial charge >= 0.3 is 0 Å². The fourth-order valence-electron chi connectivity index (χ4n) is 2.16. The zero-order valence-electron chi connectivity index (χ0n) is 13.4. The van der Waals surface area contributed by atoms with Crippen LogP contribution in [0.3, 0.4) is 0 Å². The number of nitrogens with one attached hydrogen (secondary N) is 2. The van der Waals surface area contributed by atoms with Crippen molar-refractivity contribution in [1.82, 2.24) is 10.2 Å². The normalized spacial score (nSPS) is 12.0. The fraction of sp³-hybridized carbons (Fsp3) is 0.438. The van der Waals surface area contributed by atoms with Gasteiger partial charge < -0.3 is 5.32 Å². The van der Waals surface area contributed by atoms with Gasteiger partial charge in [-0.15, -0.1) is 10.2 Å². The maximum Gasteiger partial charge on any atom is 0.248 e. The van der Waals surface area contributed by atoms with Crippen LogP contribution < -0.4 is 10.6 Å². The Morgan fingerprint density at radius 2 is 2.05 bits per heavy atom. The zero-order valence-corrected chi connectivity index (χ0v) is 14.3. The van der Waals surface area contributed by atoms with E-state index in [0.29, 0.717) is 11.6 Å². The summed E-state index contributed by atoms with van der Waals surface area (Å²) < 4.78 is 0. The van der Waals surface area contributed by atoms with Crippen molar-refractivity contribution < 1.29 is 4.79 Å². The minimum atomic E-state index is -0.296. The van der Waals surface area contributed by atoms with Gasteiger partial charge in [-0.2, -0.15) is 0 Å². The molecule has 0 fully saturated rings. The van der Waals surface area contributed by atoms with E-state index in [4.69, 9.17) is 0 Å². The molecule has 118 valence electrons. The van der Waals surface area contributed by atoms with Crippen molar-refractivity contribution >= 4 is 28.1 Å². The summed E-state index contributed by atoms with van der Waals surface area (Å²) in [6.07, 6.45) is 1.52. The summed E-state index contributed by atoms with van der Waals surface area (Å²) in [6.45, 7) is 8.10. The van der Waals surface area contributed by atoms with Gasteiger partial charge in [-0.05, 0) is 38.3 Å². The third-order valence-electron chi connectivity index (χ3n) is 3.44. The third-order valence-corrected chi connectivity index (χ3v) is 4.42. The van der Waals surface area contributed by atoms with E-state index >= 15 is 0 Å². The van der Waals surface area contributed by atoms with Crippen LogP contribution in [0.4, 0.5) is 10.8 Å². The van der Waals surface area contributed by atoms with Crippen molar-refractivity contribution in [3.05, 3.63) is 34.3 Å². The van der Waals surface area contributed by atoms with Crippen molar-refractivity contribution in [2.75, 3.05) is 10.6 Å². The standard InChI is InChI=1S/C16H22N4OS/c1-5-12(17-13-8-7-10(3)9-11(13)4)15(21)18-16-20-19-14(6-2)22-16/h7-9,12,17H,5-6H2,1-4H3,(H,18,20,21)/t12-/m0/s1. The second-order valence-electron chi connectivity index (χ2n) is 5.27. The van der Waals surface area contributed by atoms with E-state index in [2.05, 4.69) is 33.8 Å². The number of rotatable bonds is 6. The first kappa shape index (κ1) is 16.4. The van der Waals surface area contributed by atoms with Gasteiger partial charge in [0.2, 0.25) is 11.0 Å². The molecule has 1 aromatic carbocycles. The van der Waals surface area contributed by atoms with Gasteiger partial charge in [0.05, 0.1) is 0 Å². The Hall–Kier alpha value is -1.95. The van der Waals surface area contributed by atoms with Gasteiger partial charge in [0.25, 0.3) is 0 Å². The number of amides is 1. The lowest BCUT2D eigenvalue weighted by Crippen LogP contribution is -2.34. The van der Waals surface area contributed by atoms with Crippen molar-refractivity contribution in [3.63, 3.8) is 0 Å². The number of hydrogen-bond donors (Lipinski definition) is 2. The molecule has 1 amide bonds. The van der Waals surface area contributed by atoms with Gasteiger partial charge in [0.15, 0.2) is 0 Å². The van der Waals surface area contributed by atoms with Crippen LogP contribution in [0.1, 0.15) is 36.4 Å². The molecule has 0 unspecified atom stereocenters. The van der Waals surface area contributed by atoms with Crippen LogP contribution in [0, 0.1) is 13.8 Å². The van der Waals surface area contributed by atoms with Gasteiger partial charge in [-0.3, -0.25) is 10.1 Å². The summed E-state index contributed by atoms with van der Waals surface area (Å²) >= 11 is 1.42. The van der Waals surface area contributed by atoms with Gasteiger partial charge in [0, 0.05) is 5.69 Å². The quantitative estimate of drug-likeness (QED) is 0.855. The van der Waals surface area contributed by atoms with Crippen LogP contribution >= 0.6 is 11.3 Å². The Labute approximate surface area is 135 Å². The number of nitrogens with zero attached hydrogens (tertiary/aromatic N) is 2. The number of benzene rings is 1. The molecule has 6 heteroatoms. The number of anilines is 2. The van der Waals surface area contributed by atoms with E-state index in [0.717, 1.165) is 22.7 Å². The molecule has 0 spiro atoms. The molecular formula is C16H22N4OS. The SMILES string of the molecule is CCc1nnc(NC(=O)[C@H](CC)Nc2ccc(C)cc2C)s1. The molecule has 1 heterocycles. The molecule has 5 nitrogen and oxygen atoms in total. The average Bonchev–Trinajstić information content (AvgIpc) is 2.94. The molecule has 2 N–H and O–H groups in total. The van der Waals surface area contributed by atoms with Crippen LogP contribution in [0.25, 0.3) is 0 Å². The molecule has 0 aliphatic carbocycles. The van der Waals surface area contributed by atoms with Crippen molar-refractivity contribution in [2.45, 2.75) is 46.6 Å². The third kappa shape index (κ3) is 4.04. The van der Waals surface area contributed by atoms with E-state index in [9.17, 15) is 4.79 Å². The van der Waals surface area contributed by atoms with Crippen LogP contribution in [-0.4, -0.2) is 22.1 Å². The first-order chi connectivity index (χ1) is 10.5. The highest BCUT2D eigenvalue weighted by atomic mass is 32.1. The van der Waals surface area contributed by atoms with E-state index in [-0.39, 0.29) is 11.9 Å². The van der Waals surface area contributed by atoms with Crippen molar-refractivity contribution in [1.29, 1.82) is 0 Å². The second kappa shape index (κ2) is 7.35. The summed E-state index contributed by atoms with van der Waals surface area (Å²) in [5.74, 6) is -0.0821. The van der Waals surface area contributed by atoms with E-state index in [1.165, 1.54) is 16.9 Å². The number of aryl methyl sites for hydroxylation is 3. The minimum Gasteiger partial charge on any atom is -0.373 e. The predicted molar refractivity (Wildman–Crippen MR) is 91.5 cm³/mol. The van der Waals surface area contributed by atoms with Crippen LogP contribution in [0.5, 0.6) is 0 Å². The average molecular weight is 318 g/mol. The zero-order chi connectivity index (χ0) is 16.1. The molecule has 0 aliphatic rings. The lowest BCUT2D eigenvalue weighted by atomic mass is 10.1. The summed E-state index contributed by atoms with van der Waals surface area (Å²) in [5.41, 5.74) is 3.33. The number of aromatic nitrogens is 2. The molecule has 22 heavy (non-hydrogen) atoms. The first-order valence-electron chi connectivity index (χ1n) is 7.50. The topological polar surface area (TPSA) is 66.9 Å². The lowest BCUT2D eigenvalue weighted by Gasteiger charge is -2.18. The summed E-state index contributed by atoms with van der Waals surface area (Å²) in [4.78, 5) is 12.4. The second-order valence-corrected chi connectivity index (χ2v) is 6.33. The Morgan fingerprint density at radius 1 is 1.27 bits per heavy atom. The molecule has 0 bridgehead atoms. The molecule has 2 aromatic rings. The molecule has 0 aliphatic heterocycles. The Morgan fingerprint density at radius 3 is 2.64 bits per heavy atom. The highest BCUT2D eigenvalue weighted by molar-refractivity contribution is 7.15. The lowest BCUT2D eigenvalue weighted by molar-refractivity contribution is -0.117. The van der Waals surface area contributed by atoms with Crippen LogP contribution in [0.2, 0.25) is 0 Å². The van der Waals surface area contributed by atoms with Crippen LogP contribution in [-0.2, 0) is 11.2 Å². The maximum absolute atomic E-state index is 12.4. The number of carbonyl (C=O) groups is 1.